The van der Waals surface area contributed by atoms with Gasteiger partial charge in [0.05, 0.1) is 0 Å². The Morgan fingerprint density at radius 1 is 1.30 bits per heavy atom. The molecule has 3 heteroatoms. The smallest absolute Gasteiger partial charge is 0.341 e. The first kappa shape index (κ1) is 14.8. The van der Waals surface area contributed by atoms with Crippen LogP contribution in [-0.2, 0) is 20.7 Å². The summed E-state index contributed by atoms with van der Waals surface area (Å²) in [5.74, 6) is -0.291. The topological polar surface area (TPSA) is 35.5 Å². The van der Waals surface area contributed by atoms with Crippen LogP contribution in [-0.4, -0.2) is 17.9 Å². The minimum absolute atomic E-state index is 0.241. The van der Waals surface area contributed by atoms with Gasteiger partial charge in [0.1, 0.15) is 0 Å². The van der Waals surface area contributed by atoms with E-state index in [2.05, 4.69) is 6.58 Å². The molecule has 1 aromatic carbocycles. The van der Waals surface area contributed by atoms with Gasteiger partial charge >= 0.3 is 5.97 Å². The van der Waals surface area contributed by atoms with Gasteiger partial charge in [-0.25, -0.2) is 4.79 Å². The summed E-state index contributed by atoms with van der Waals surface area (Å²) in [5, 5.41) is 0. The number of rotatable bonds is 4. The van der Waals surface area contributed by atoms with Gasteiger partial charge in [-0.05, 0) is 5.56 Å². The molecule has 0 spiro atoms. The van der Waals surface area contributed by atoms with Gasteiger partial charge in [-0.1, -0.05) is 57.2 Å². The highest BCUT2D eigenvalue weighted by molar-refractivity contribution is 5.82. The second-order valence-corrected chi connectivity index (χ2v) is 6.37. The summed E-state index contributed by atoms with van der Waals surface area (Å²) in [6.07, 6.45) is 2.16. The zero-order valence-electron chi connectivity index (χ0n) is 12.4. The van der Waals surface area contributed by atoms with Gasteiger partial charge < -0.3 is 9.47 Å². The van der Waals surface area contributed by atoms with E-state index in [1.165, 1.54) is 0 Å². The molecule has 0 N–H and O–H groups in total. The molecular formula is C17H22O3. The fraction of sp³-hybridized carbons (Fsp3) is 0.471. The highest BCUT2D eigenvalue weighted by Gasteiger charge is 2.52. The number of carbonyl (C=O) groups is 1. The van der Waals surface area contributed by atoms with Crippen molar-refractivity contribution in [1.29, 1.82) is 0 Å². The minimum Gasteiger partial charge on any atom is -0.433 e. The Morgan fingerprint density at radius 2 is 1.95 bits per heavy atom. The molecule has 1 heterocycles. The van der Waals surface area contributed by atoms with Crippen LogP contribution in [0.2, 0.25) is 0 Å². The van der Waals surface area contributed by atoms with Crippen molar-refractivity contribution in [2.45, 2.75) is 45.5 Å². The summed E-state index contributed by atoms with van der Waals surface area (Å²) in [5.41, 5.74) is -0.128. The second kappa shape index (κ2) is 5.41. The Labute approximate surface area is 120 Å². The van der Waals surface area contributed by atoms with E-state index in [1.54, 1.807) is 6.08 Å². The van der Waals surface area contributed by atoms with Gasteiger partial charge in [-0.15, -0.1) is 6.58 Å². The van der Waals surface area contributed by atoms with Crippen molar-refractivity contribution in [2.24, 2.45) is 5.41 Å². The fourth-order valence-corrected chi connectivity index (χ4v) is 2.31. The molecule has 1 aliphatic heterocycles. The molecule has 3 nitrogen and oxygen atoms in total. The van der Waals surface area contributed by atoms with Crippen LogP contribution in [0.1, 0.15) is 32.8 Å². The summed E-state index contributed by atoms with van der Waals surface area (Å²) >= 11 is 0. The summed E-state index contributed by atoms with van der Waals surface area (Å²) < 4.78 is 11.5. The summed E-state index contributed by atoms with van der Waals surface area (Å²) in [6.45, 7) is 9.74. The van der Waals surface area contributed by atoms with Crippen LogP contribution >= 0.6 is 0 Å². The predicted octanol–water partition coefficient (Wildman–Crippen LogP) is 3.49. The number of hydrogen-bond donors (Lipinski definition) is 0. The SMILES string of the molecule is C=CC[C@]1(Cc2ccccc2)O[C@H](C(C)(C)C)OC1=O. The number of cyclic esters (lactones) is 1. The van der Waals surface area contributed by atoms with Crippen molar-refractivity contribution >= 4 is 5.97 Å². The molecule has 0 saturated carbocycles. The average Bonchev–Trinajstić information content (AvgIpc) is 2.69. The maximum Gasteiger partial charge on any atom is 0.341 e. The molecule has 2 rings (SSSR count). The zero-order valence-corrected chi connectivity index (χ0v) is 12.4. The third-order valence-electron chi connectivity index (χ3n) is 3.43. The lowest BCUT2D eigenvalue weighted by atomic mass is 9.91. The lowest BCUT2D eigenvalue weighted by molar-refractivity contribution is -0.155. The Bertz CT molecular complexity index is 487. The average molecular weight is 274 g/mol. The first-order chi connectivity index (χ1) is 9.37. The molecule has 0 bridgehead atoms. The van der Waals surface area contributed by atoms with E-state index < -0.39 is 11.9 Å². The van der Waals surface area contributed by atoms with E-state index in [0.717, 1.165) is 5.56 Å². The minimum atomic E-state index is -0.943. The quantitative estimate of drug-likeness (QED) is 0.623. The van der Waals surface area contributed by atoms with Crippen LogP contribution in [0, 0.1) is 5.41 Å². The van der Waals surface area contributed by atoms with Gasteiger partial charge in [0.2, 0.25) is 6.29 Å². The van der Waals surface area contributed by atoms with E-state index >= 15 is 0 Å². The number of ether oxygens (including phenoxy) is 2. The Kier molecular flexibility index (Phi) is 4.00. The molecule has 0 aliphatic carbocycles. The standard InChI is InChI=1S/C17H22O3/c1-5-11-17(12-13-9-7-6-8-10-13)14(18)19-15(20-17)16(2,3)4/h5-10,15H,1,11-12H2,2-4H3/t15-,17-/m1/s1. The number of benzene rings is 1. The van der Waals surface area contributed by atoms with Crippen LogP contribution < -0.4 is 0 Å². The largest absolute Gasteiger partial charge is 0.433 e. The van der Waals surface area contributed by atoms with E-state index in [4.69, 9.17) is 9.47 Å². The molecule has 1 aliphatic rings. The molecule has 2 atom stereocenters. The summed E-state index contributed by atoms with van der Waals surface area (Å²) in [6, 6.07) is 9.85. The van der Waals surface area contributed by atoms with Gasteiger partial charge in [-0.2, -0.15) is 0 Å². The molecular weight excluding hydrogens is 252 g/mol. The maximum atomic E-state index is 12.4. The highest BCUT2D eigenvalue weighted by Crippen LogP contribution is 2.38. The van der Waals surface area contributed by atoms with Crippen LogP contribution in [0.5, 0.6) is 0 Å². The third-order valence-corrected chi connectivity index (χ3v) is 3.43. The Hall–Kier alpha value is -1.61. The first-order valence-corrected chi connectivity index (χ1v) is 6.91. The zero-order chi connectivity index (χ0) is 14.8. The second-order valence-electron chi connectivity index (χ2n) is 6.37. The van der Waals surface area contributed by atoms with Crippen LogP contribution in [0.15, 0.2) is 43.0 Å². The monoisotopic (exact) mass is 274 g/mol. The van der Waals surface area contributed by atoms with Crippen LogP contribution in [0.4, 0.5) is 0 Å². The lowest BCUT2D eigenvalue weighted by Gasteiger charge is -2.28. The third kappa shape index (κ3) is 2.93. The van der Waals surface area contributed by atoms with Crippen molar-refractivity contribution in [3.05, 3.63) is 48.6 Å². The fourth-order valence-electron chi connectivity index (χ4n) is 2.31. The van der Waals surface area contributed by atoms with Crippen LogP contribution in [0.25, 0.3) is 0 Å². The van der Waals surface area contributed by atoms with E-state index in [0.29, 0.717) is 12.8 Å². The van der Waals surface area contributed by atoms with Crippen molar-refractivity contribution in [3.8, 4) is 0 Å². The first-order valence-electron chi connectivity index (χ1n) is 6.91. The number of esters is 1. The molecule has 1 aromatic rings. The van der Waals surface area contributed by atoms with Crippen molar-refractivity contribution in [3.63, 3.8) is 0 Å². The van der Waals surface area contributed by atoms with Gasteiger partial charge in [0.15, 0.2) is 5.60 Å². The molecule has 1 fully saturated rings. The van der Waals surface area contributed by atoms with E-state index in [9.17, 15) is 4.79 Å². The molecule has 1 saturated heterocycles. The Morgan fingerprint density at radius 3 is 2.45 bits per heavy atom. The predicted molar refractivity (Wildman–Crippen MR) is 78.1 cm³/mol. The van der Waals surface area contributed by atoms with Crippen molar-refractivity contribution in [2.75, 3.05) is 0 Å². The summed E-state index contributed by atoms with van der Waals surface area (Å²) in [4.78, 5) is 12.4. The van der Waals surface area contributed by atoms with Gasteiger partial charge in [0, 0.05) is 18.3 Å². The molecule has 0 aromatic heterocycles. The molecule has 20 heavy (non-hydrogen) atoms. The van der Waals surface area contributed by atoms with Gasteiger partial charge in [0.25, 0.3) is 0 Å². The summed E-state index contributed by atoms with van der Waals surface area (Å²) in [7, 11) is 0. The highest BCUT2D eigenvalue weighted by atomic mass is 16.8. The normalized spacial score (nSPS) is 26.4. The number of hydrogen-bond acceptors (Lipinski definition) is 3. The van der Waals surface area contributed by atoms with Crippen molar-refractivity contribution < 1.29 is 14.3 Å². The Balaban J connectivity index is 2.26. The van der Waals surface area contributed by atoms with Crippen molar-refractivity contribution in [1.82, 2.24) is 0 Å². The lowest BCUT2D eigenvalue weighted by Crippen LogP contribution is -2.39. The molecule has 0 unspecified atom stereocenters. The number of carbonyl (C=O) groups excluding carboxylic acids is 1. The maximum absolute atomic E-state index is 12.4. The molecule has 0 radical (unpaired) electrons. The molecule has 0 amide bonds. The van der Waals surface area contributed by atoms with Gasteiger partial charge in [-0.3, -0.25) is 0 Å². The van der Waals surface area contributed by atoms with E-state index in [1.807, 2.05) is 51.1 Å². The van der Waals surface area contributed by atoms with Crippen LogP contribution in [0.3, 0.4) is 0 Å². The molecule has 108 valence electrons. The van der Waals surface area contributed by atoms with E-state index in [-0.39, 0.29) is 11.4 Å².